The maximum Gasteiger partial charge on any atom is 0.159 e. The summed E-state index contributed by atoms with van der Waals surface area (Å²) in [4.78, 5) is 0. The van der Waals surface area contributed by atoms with Gasteiger partial charge in [0.25, 0.3) is 0 Å². The molecule has 2 heterocycles. The Morgan fingerprint density at radius 1 is 1.37 bits per heavy atom. The Kier molecular flexibility index (Phi) is 3.50. The number of aromatic nitrogens is 2. The highest BCUT2D eigenvalue weighted by molar-refractivity contribution is 5.81. The lowest BCUT2D eigenvalue weighted by atomic mass is 10.1. The van der Waals surface area contributed by atoms with Crippen molar-refractivity contribution in [3.63, 3.8) is 0 Å². The van der Waals surface area contributed by atoms with Crippen LogP contribution in [0.25, 0.3) is 10.9 Å². The fourth-order valence-corrected chi connectivity index (χ4v) is 2.56. The zero-order valence-electron chi connectivity index (χ0n) is 11.1. The number of para-hydroxylation sites is 1. The zero-order valence-corrected chi connectivity index (χ0v) is 11.1. The highest BCUT2D eigenvalue weighted by atomic mass is 16.7. The number of nitrogens with two attached hydrogens (primary N) is 1. The van der Waals surface area contributed by atoms with Crippen LogP contribution < -0.4 is 5.73 Å². The second kappa shape index (κ2) is 5.28. The van der Waals surface area contributed by atoms with E-state index in [0.717, 1.165) is 17.6 Å². The molecule has 3 rings (SSSR count). The number of fused-ring (bicyclic) bond motifs is 1. The van der Waals surface area contributed by atoms with Crippen LogP contribution in [0.5, 0.6) is 0 Å². The molecule has 1 unspecified atom stereocenters. The number of ether oxygens (including phenoxy) is 2. The molecule has 1 fully saturated rings. The van der Waals surface area contributed by atoms with Gasteiger partial charge in [0.15, 0.2) is 6.29 Å². The lowest BCUT2D eigenvalue weighted by Crippen LogP contribution is -2.29. The van der Waals surface area contributed by atoms with Gasteiger partial charge in [0.05, 0.1) is 24.4 Å². The molecule has 1 aromatic heterocycles. The van der Waals surface area contributed by atoms with E-state index in [-0.39, 0.29) is 12.3 Å². The number of hydrogen-bond donors (Lipinski definition) is 1. The Bertz CT molecular complexity index is 561. The molecule has 1 atom stereocenters. The van der Waals surface area contributed by atoms with Gasteiger partial charge < -0.3 is 15.2 Å². The third-order valence-electron chi connectivity index (χ3n) is 3.48. The predicted molar refractivity (Wildman–Crippen MR) is 72.7 cm³/mol. The molecule has 0 bridgehead atoms. The zero-order chi connectivity index (χ0) is 13.2. The summed E-state index contributed by atoms with van der Waals surface area (Å²) in [5.74, 6) is 0. The third-order valence-corrected chi connectivity index (χ3v) is 3.48. The van der Waals surface area contributed by atoms with Crippen molar-refractivity contribution in [1.29, 1.82) is 0 Å². The molecule has 0 amide bonds. The molecule has 5 nitrogen and oxygen atoms in total. The Balaban J connectivity index is 1.73. The van der Waals surface area contributed by atoms with Gasteiger partial charge in [0, 0.05) is 31.3 Å². The van der Waals surface area contributed by atoms with Crippen molar-refractivity contribution in [2.75, 3.05) is 13.2 Å². The highest BCUT2D eigenvalue weighted by Gasteiger charge is 2.20. The molecular formula is C14H19N3O2. The van der Waals surface area contributed by atoms with Crippen LogP contribution in [0.4, 0.5) is 0 Å². The van der Waals surface area contributed by atoms with Crippen LogP contribution in [-0.4, -0.2) is 35.3 Å². The summed E-state index contributed by atoms with van der Waals surface area (Å²) in [6.45, 7) is 1.34. The minimum absolute atomic E-state index is 0.00130. The van der Waals surface area contributed by atoms with E-state index in [1.54, 1.807) is 0 Å². The molecule has 0 spiro atoms. The molecule has 0 aliphatic carbocycles. The molecule has 1 aromatic carbocycles. The molecule has 102 valence electrons. The quantitative estimate of drug-likeness (QED) is 0.898. The van der Waals surface area contributed by atoms with E-state index in [1.165, 1.54) is 5.39 Å². The van der Waals surface area contributed by atoms with Gasteiger partial charge in [-0.25, -0.2) is 0 Å². The summed E-state index contributed by atoms with van der Waals surface area (Å²) in [6, 6.07) is 8.21. The van der Waals surface area contributed by atoms with Crippen molar-refractivity contribution in [2.45, 2.75) is 25.2 Å². The number of hydrogen-bond acceptors (Lipinski definition) is 4. The monoisotopic (exact) mass is 261 g/mol. The van der Waals surface area contributed by atoms with E-state index in [1.807, 2.05) is 23.9 Å². The van der Waals surface area contributed by atoms with Crippen molar-refractivity contribution in [1.82, 2.24) is 9.78 Å². The van der Waals surface area contributed by atoms with Gasteiger partial charge in [0.2, 0.25) is 0 Å². The lowest BCUT2D eigenvalue weighted by Gasteiger charge is -2.14. The van der Waals surface area contributed by atoms with Gasteiger partial charge in [-0.1, -0.05) is 18.2 Å². The van der Waals surface area contributed by atoms with E-state index in [0.29, 0.717) is 19.6 Å². The summed E-state index contributed by atoms with van der Waals surface area (Å²) in [5, 5.41) is 5.73. The fourth-order valence-electron chi connectivity index (χ4n) is 2.56. The number of rotatable bonds is 4. The van der Waals surface area contributed by atoms with Crippen LogP contribution in [0.3, 0.4) is 0 Å². The van der Waals surface area contributed by atoms with E-state index in [4.69, 9.17) is 15.2 Å². The Morgan fingerprint density at radius 3 is 2.89 bits per heavy atom. The first kappa shape index (κ1) is 12.6. The molecule has 0 radical (unpaired) electrons. The minimum Gasteiger partial charge on any atom is -0.350 e. The topological polar surface area (TPSA) is 62.3 Å². The number of aryl methyl sites for hydroxylation is 1. The van der Waals surface area contributed by atoms with Crippen LogP contribution in [0, 0.1) is 0 Å². The van der Waals surface area contributed by atoms with Gasteiger partial charge >= 0.3 is 0 Å². The van der Waals surface area contributed by atoms with Crippen molar-refractivity contribution in [3.05, 3.63) is 30.0 Å². The highest BCUT2D eigenvalue weighted by Crippen LogP contribution is 2.20. The van der Waals surface area contributed by atoms with Crippen molar-refractivity contribution < 1.29 is 9.47 Å². The van der Waals surface area contributed by atoms with Gasteiger partial charge in [-0.05, 0) is 6.07 Å². The summed E-state index contributed by atoms with van der Waals surface area (Å²) in [6.07, 6.45) is 1.31. The van der Waals surface area contributed by atoms with Crippen molar-refractivity contribution in [2.24, 2.45) is 12.8 Å². The lowest BCUT2D eigenvalue weighted by molar-refractivity contribution is -0.0504. The summed E-state index contributed by atoms with van der Waals surface area (Å²) < 4.78 is 12.8. The van der Waals surface area contributed by atoms with Crippen LogP contribution in [0.15, 0.2) is 24.3 Å². The van der Waals surface area contributed by atoms with E-state index in [9.17, 15) is 0 Å². The molecule has 19 heavy (non-hydrogen) atoms. The second-order valence-electron chi connectivity index (χ2n) is 4.96. The summed E-state index contributed by atoms with van der Waals surface area (Å²) in [5.41, 5.74) is 8.36. The molecule has 5 heteroatoms. The first-order valence-electron chi connectivity index (χ1n) is 6.63. The Labute approximate surface area is 112 Å². The first-order valence-corrected chi connectivity index (χ1v) is 6.63. The molecule has 0 saturated carbocycles. The Morgan fingerprint density at radius 2 is 2.11 bits per heavy atom. The average molecular weight is 261 g/mol. The first-order chi connectivity index (χ1) is 9.24. The minimum atomic E-state index is -0.148. The number of nitrogens with zero attached hydrogens (tertiary/aromatic N) is 2. The SMILES string of the molecule is Cn1nc(CC(N)CC2OCCO2)c2ccccc21. The van der Waals surface area contributed by atoms with Crippen LogP contribution >= 0.6 is 0 Å². The van der Waals surface area contributed by atoms with Crippen molar-refractivity contribution >= 4 is 10.9 Å². The third kappa shape index (κ3) is 2.63. The van der Waals surface area contributed by atoms with Gasteiger partial charge in [-0.15, -0.1) is 0 Å². The maximum atomic E-state index is 6.18. The van der Waals surface area contributed by atoms with E-state index < -0.39 is 0 Å². The van der Waals surface area contributed by atoms with E-state index in [2.05, 4.69) is 17.2 Å². The van der Waals surface area contributed by atoms with Gasteiger partial charge in [0.1, 0.15) is 0 Å². The molecular weight excluding hydrogens is 242 g/mol. The summed E-state index contributed by atoms with van der Waals surface area (Å²) >= 11 is 0. The largest absolute Gasteiger partial charge is 0.350 e. The van der Waals surface area contributed by atoms with E-state index >= 15 is 0 Å². The van der Waals surface area contributed by atoms with Gasteiger partial charge in [-0.3, -0.25) is 4.68 Å². The normalized spacial score (nSPS) is 18.2. The average Bonchev–Trinajstić information content (AvgIpc) is 3.00. The molecule has 2 N–H and O–H groups in total. The summed E-state index contributed by atoms with van der Waals surface area (Å²) in [7, 11) is 1.96. The molecule has 2 aromatic rings. The fraction of sp³-hybridized carbons (Fsp3) is 0.500. The molecule has 1 aliphatic rings. The number of benzene rings is 1. The predicted octanol–water partition coefficient (Wildman–Crippen LogP) is 1.21. The second-order valence-corrected chi connectivity index (χ2v) is 4.96. The standard InChI is InChI=1S/C14H19N3O2/c1-17-13-5-3-2-4-11(13)12(16-17)8-10(15)9-14-18-6-7-19-14/h2-5,10,14H,6-9,15H2,1H3. The van der Waals surface area contributed by atoms with Crippen molar-refractivity contribution in [3.8, 4) is 0 Å². The Hall–Kier alpha value is -1.43. The van der Waals surface area contributed by atoms with Crippen LogP contribution in [0.1, 0.15) is 12.1 Å². The van der Waals surface area contributed by atoms with Crippen LogP contribution in [-0.2, 0) is 22.9 Å². The van der Waals surface area contributed by atoms with Crippen LogP contribution in [0.2, 0.25) is 0 Å². The molecule has 1 aliphatic heterocycles. The smallest absolute Gasteiger partial charge is 0.159 e. The maximum absolute atomic E-state index is 6.18. The van der Waals surface area contributed by atoms with Gasteiger partial charge in [-0.2, -0.15) is 5.10 Å². The molecule has 1 saturated heterocycles.